The molecule has 0 bridgehead atoms. The number of halogens is 3. The highest BCUT2D eigenvalue weighted by Crippen LogP contribution is 2.28. The Morgan fingerprint density at radius 3 is 2.52 bits per heavy atom. The second kappa shape index (κ2) is 6.74. The van der Waals surface area contributed by atoms with Crippen LogP contribution in [0.5, 0.6) is 5.75 Å². The second-order valence-corrected chi connectivity index (χ2v) is 4.79. The summed E-state index contributed by atoms with van der Waals surface area (Å²) in [4.78, 5) is 0. The van der Waals surface area contributed by atoms with Crippen LogP contribution in [-0.4, -0.2) is 18.8 Å². The van der Waals surface area contributed by atoms with Crippen LogP contribution in [0.25, 0.3) is 0 Å². The summed E-state index contributed by atoms with van der Waals surface area (Å²) in [6.07, 6.45) is -1.31. The van der Waals surface area contributed by atoms with Crippen molar-refractivity contribution in [2.45, 2.75) is 6.10 Å². The normalized spacial score (nSPS) is 12.0. The lowest BCUT2D eigenvalue weighted by Gasteiger charge is -2.15. The van der Waals surface area contributed by atoms with Crippen LogP contribution in [0.2, 0.25) is 5.02 Å². The number of rotatable bonds is 5. The van der Waals surface area contributed by atoms with E-state index in [1.54, 1.807) is 18.2 Å². The van der Waals surface area contributed by atoms with Gasteiger partial charge in [0.15, 0.2) is 0 Å². The molecule has 0 amide bonds. The molecule has 1 unspecified atom stereocenters. The van der Waals surface area contributed by atoms with Gasteiger partial charge in [-0.3, -0.25) is 0 Å². The van der Waals surface area contributed by atoms with Crippen LogP contribution < -0.4 is 10.1 Å². The molecule has 0 spiro atoms. The summed E-state index contributed by atoms with van der Waals surface area (Å²) < 4.78 is 32.1. The van der Waals surface area contributed by atoms with Crippen LogP contribution in [0.15, 0.2) is 36.4 Å². The van der Waals surface area contributed by atoms with Crippen molar-refractivity contribution >= 4 is 17.3 Å². The van der Waals surface area contributed by atoms with Gasteiger partial charge in [0.25, 0.3) is 0 Å². The van der Waals surface area contributed by atoms with Gasteiger partial charge in [-0.1, -0.05) is 17.7 Å². The zero-order valence-corrected chi connectivity index (χ0v) is 12.0. The van der Waals surface area contributed by atoms with Crippen molar-refractivity contribution in [3.05, 3.63) is 58.6 Å². The van der Waals surface area contributed by atoms with E-state index in [4.69, 9.17) is 16.3 Å². The van der Waals surface area contributed by atoms with E-state index in [0.717, 1.165) is 12.1 Å². The Bertz CT molecular complexity index is 617. The standard InChI is InChI=1S/C15H14ClF2NO2/c1-21-14-7-9(5-6-10(14)16)19-8-13(20)15-11(17)3-2-4-12(15)18/h2-7,13,19-20H,8H2,1H3. The molecule has 3 nitrogen and oxygen atoms in total. The van der Waals surface area contributed by atoms with Gasteiger partial charge >= 0.3 is 0 Å². The molecule has 2 N–H and O–H groups in total. The van der Waals surface area contributed by atoms with E-state index in [9.17, 15) is 13.9 Å². The predicted octanol–water partition coefficient (Wildman–Crippen LogP) is 3.77. The summed E-state index contributed by atoms with van der Waals surface area (Å²) in [5, 5.41) is 13.2. The zero-order chi connectivity index (χ0) is 15.4. The minimum Gasteiger partial charge on any atom is -0.495 e. The summed E-state index contributed by atoms with van der Waals surface area (Å²) in [6, 6.07) is 8.39. The Labute approximate surface area is 126 Å². The Morgan fingerprint density at radius 2 is 1.90 bits per heavy atom. The van der Waals surface area contributed by atoms with Crippen LogP contribution >= 0.6 is 11.6 Å². The maximum absolute atomic E-state index is 13.5. The molecule has 0 saturated carbocycles. The number of ether oxygens (including phenoxy) is 1. The summed E-state index contributed by atoms with van der Waals surface area (Å²) >= 11 is 5.90. The van der Waals surface area contributed by atoms with Crippen LogP contribution in [0.3, 0.4) is 0 Å². The molecule has 21 heavy (non-hydrogen) atoms. The average molecular weight is 314 g/mol. The van der Waals surface area contributed by atoms with E-state index >= 15 is 0 Å². The van der Waals surface area contributed by atoms with Gasteiger partial charge in [0, 0.05) is 18.3 Å². The molecule has 0 saturated heterocycles. The molecule has 6 heteroatoms. The molecule has 2 aromatic carbocycles. The fourth-order valence-electron chi connectivity index (χ4n) is 1.92. The SMILES string of the molecule is COc1cc(NCC(O)c2c(F)cccc2F)ccc1Cl. The summed E-state index contributed by atoms with van der Waals surface area (Å²) in [5.41, 5.74) is 0.262. The Balaban J connectivity index is 2.09. The number of benzene rings is 2. The van der Waals surface area contributed by atoms with Gasteiger partial charge in [0.2, 0.25) is 0 Å². The second-order valence-electron chi connectivity index (χ2n) is 4.38. The molecule has 0 aliphatic heterocycles. The molecule has 2 aromatic rings. The van der Waals surface area contributed by atoms with Gasteiger partial charge in [-0.15, -0.1) is 0 Å². The summed E-state index contributed by atoms with van der Waals surface area (Å²) in [7, 11) is 1.48. The third-order valence-corrected chi connectivity index (χ3v) is 3.30. The summed E-state index contributed by atoms with van der Waals surface area (Å²) in [6.45, 7) is -0.0529. The Morgan fingerprint density at radius 1 is 1.24 bits per heavy atom. The van der Waals surface area contributed by atoms with Crippen LogP contribution in [0.4, 0.5) is 14.5 Å². The minimum absolute atomic E-state index is 0.0529. The van der Waals surface area contributed by atoms with Crippen LogP contribution in [-0.2, 0) is 0 Å². The van der Waals surface area contributed by atoms with Crippen molar-refractivity contribution in [1.29, 1.82) is 0 Å². The maximum Gasteiger partial charge on any atom is 0.139 e. The minimum atomic E-state index is -1.31. The Kier molecular flexibility index (Phi) is 4.98. The number of methoxy groups -OCH3 is 1. The summed E-state index contributed by atoms with van der Waals surface area (Å²) in [5.74, 6) is -1.09. The highest BCUT2D eigenvalue weighted by Gasteiger charge is 2.17. The van der Waals surface area contributed by atoms with Crippen LogP contribution in [0, 0.1) is 11.6 Å². The molecule has 2 rings (SSSR count). The average Bonchev–Trinajstić information content (AvgIpc) is 2.46. The van der Waals surface area contributed by atoms with Crippen molar-refractivity contribution in [3.63, 3.8) is 0 Å². The fourth-order valence-corrected chi connectivity index (χ4v) is 2.11. The molecular formula is C15H14ClF2NO2. The lowest BCUT2D eigenvalue weighted by atomic mass is 10.1. The highest BCUT2D eigenvalue weighted by atomic mass is 35.5. The van der Waals surface area contributed by atoms with Gasteiger partial charge in [-0.05, 0) is 24.3 Å². The monoisotopic (exact) mass is 313 g/mol. The number of aliphatic hydroxyl groups excluding tert-OH is 1. The van der Waals surface area contributed by atoms with Gasteiger partial charge in [0.1, 0.15) is 23.5 Å². The van der Waals surface area contributed by atoms with E-state index in [0.29, 0.717) is 16.5 Å². The topological polar surface area (TPSA) is 41.5 Å². The number of anilines is 1. The molecule has 0 aliphatic rings. The van der Waals surface area contributed by atoms with E-state index in [2.05, 4.69) is 5.32 Å². The van der Waals surface area contributed by atoms with E-state index in [-0.39, 0.29) is 12.1 Å². The number of aliphatic hydroxyl groups is 1. The number of hydrogen-bond acceptors (Lipinski definition) is 3. The third-order valence-electron chi connectivity index (χ3n) is 2.98. The third kappa shape index (κ3) is 3.62. The van der Waals surface area contributed by atoms with Crippen molar-refractivity contribution < 1.29 is 18.6 Å². The smallest absolute Gasteiger partial charge is 0.139 e. The first-order valence-corrected chi connectivity index (χ1v) is 6.60. The molecular weight excluding hydrogens is 300 g/mol. The number of nitrogens with one attached hydrogen (secondary N) is 1. The quantitative estimate of drug-likeness (QED) is 0.883. The first kappa shape index (κ1) is 15.5. The molecule has 0 aliphatic carbocycles. The van der Waals surface area contributed by atoms with E-state index in [1.165, 1.54) is 13.2 Å². The maximum atomic E-state index is 13.5. The first-order chi connectivity index (χ1) is 10.0. The molecule has 0 heterocycles. The molecule has 0 fully saturated rings. The van der Waals surface area contributed by atoms with Crippen molar-refractivity contribution in [2.24, 2.45) is 0 Å². The largest absolute Gasteiger partial charge is 0.495 e. The molecule has 112 valence electrons. The van der Waals surface area contributed by atoms with Gasteiger partial charge in [-0.2, -0.15) is 0 Å². The van der Waals surface area contributed by atoms with E-state index < -0.39 is 17.7 Å². The molecule has 0 radical (unpaired) electrons. The molecule has 0 aromatic heterocycles. The van der Waals surface area contributed by atoms with Crippen molar-refractivity contribution in [2.75, 3.05) is 19.0 Å². The van der Waals surface area contributed by atoms with Gasteiger partial charge in [-0.25, -0.2) is 8.78 Å². The van der Waals surface area contributed by atoms with Crippen LogP contribution in [0.1, 0.15) is 11.7 Å². The number of hydrogen-bond donors (Lipinski definition) is 2. The Hall–Kier alpha value is -1.85. The van der Waals surface area contributed by atoms with Gasteiger partial charge in [0.05, 0.1) is 17.7 Å². The zero-order valence-electron chi connectivity index (χ0n) is 11.2. The lowest BCUT2D eigenvalue weighted by molar-refractivity contribution is 0.181. The molecule has 1 atom stereocenters. The highest BCUT2D eigenvalue weighted by molar-refractivity contribution is 6.32. The van der Waals surface area contributed by atoms with E-state index in [1.807, 2.05) is 0 Å². The van der Waals surface area contributed by atoms with Gasteiger partial charge < -0.3 is 15.2 Å². The first-order valence-electron chi connectivity index (χ1n) is 6.22. The van der Waals surface area contributed by atoms with Crippen molar-refractivity contribution in [1.82, 2.24) is 0 Å². The van der Waals surface area contributed by atoms with Crippen molar-refractivity contribution in [3.8, 4) is 5.75 Å². The predicted molar refractivity (Wildman–Crippen MR) is 77.8 cm³/mol. The fraction of sp³-hybridized carbons (Fsp3) is 0.200. The lowest BCUT2D eigenvalue weighted by Crippen LogP contribution is -2.15.